The van der Waals surface area contributed by atoms with Crippen LogP contribution in [-0.2, 0) is 11.3 Å². The van der Waals surface area contributed by atoms with Crippen molar-refractivity contribution in [2.75, 3.05) is 13.1 Å². The summed E-state index contributed by atoms with van der Waals surface area (Å²) in [6, 6.07) is 29.2. The van der Waals surface area contributed by atoms with Crippen LogP contribution in [0.15, 0.2) is 84.9 Å². The van der Waals surface area contributed by atoms with E-state index in [9.17, 15) is 9.18 Å². The van der Waals surface area contributed by atoms with E-state index in [1.165, 1.54) is 21.6 Å². The summed E-state index contributed by atoms with van der Waals surface area (Å²) < 4.78 is 20.0. The molecule has 5 rings (SSSR count). The average Bonchev–Trinajstić information content (AvgIpc) is 3.67. The van der Waals surface area contributed by atoms with Crippen molar-refractivity contribution in [3.05, 3.63) is 96.1 Å². The topological polar surface area (TPSA) is 41.6 Å². The first-order chi connectivity index (χ1) is 16.7. The van der Waals surface area contributed by atoms with Gasteiger partial charge in [-0.15, -0.1) is 0 Å². The van der Waals surface area contributed by atoms with E-state index in [2.05, 4.69) is 53.8 Å². The molecule has 4 nitrogen and oxygen atoms in total. The molecule has 1 aliphatic heterocycles. The van der Waals surface area contributed by atoms with Crippen LogP contribution in [0.3, 0.4) is 0 Å². The summed E-state index contributed by atoms with van der Waals surface area (Å²) >= 11 is 0. The molecule has 5 heteroatoms. The van der Waals surface area contributed by atoms with Crippen LogP contribution in [0.25, 0.3) is 11.1 Å². The third kappa shape index (κ3) is 5.48. The third-order valence-electron chi connectivity index (χ3n) is 6.99. The molecule has 1 heterocycles. The minimum absolute atomic E-state index is 0.170. The molecule has 1 N–H and O–H groups in total. The van der Waals surface area contributed by atoms with Crippen LogP contribution in [0, 0.1) is 5.92 Å². The van der Waals surface area contributed by atoms with Crippen LogP contribution < -0.4 is 5.32 Å². The Morgan fingerprint density at radius 1 is 0.912 bits per heavy atom. The SMILES string of the molecule is O=C(OCc1ccccc1)N1CCC(CN[C@@H]2C[C@H]2c2ccc(-c3ccccc3)cc2)CC1F. The summed E-state index contributed by atoms with van der Waals surface area (Å²) in [5.41, 5.74) is 4.73. The molecule has 1 amide bonds. The quantitative estimate of drug-likeness (QED) is 0.432. The number of halogens is 1. The first kappa shape index (κ1) is 22.6. The highest BCUT2D eigenvalue weighted by atomic mass is 19.1. The Morgan fingerprint density at radius 2 is 1.59 bits per heavy atom. The number of rotatable bonds is 7. The molecule has 2 unspecified atom stereocenters. The fraction of sp³-hybridized carbons (Fsp3) is 0.345. The van der Waals surface area contributed by atoms with Gasteiger partial charge in [0.05, 0.1) is 0 Å². The summed E-state index contributed by atoms with van der Waals surface area (Å²) in [4.78, 5) is 13.6. The maximum absolute atomic E-state index is 14.7. The van der Waals surface area contributed by atoms with Crippen molar-refractivity contribution >= 4 is 6.09 Å². The van der Waals surface area contributed by atoms with Crippen molar-refractivity contribution in [3.8, 4) is 11.1 Å². The van der Waals surface area contributed by atoms with Crippen LogP contribution >= 0.6 is 0 Å². The zero-order valence-corrected chi connectivity index (χ0v) is 19.3. The normalized spacial score (nSPS) is 24.0. The minimum Gasteiger partial charge on any atom is -0.444 e. The minimum atomic E-state index is -1.29. The molecule has 3 aromatic rings. The highest BCUT2D eigenvalue weighted by Crippen LogP contribution is 2.41. The molecule has 34 heavy (non-hydrogen) atoms. The maximum Gasteiger partial charge on any atom is 0.412 e. The van der Waals surface area contributed by atoms with Crippen molar-refractivity contribution in [1.29, 1.82) is 0 Å². The number of alkyl halides is 1. The highest BCUT2D eigenvalue weighted by Gasteiger charge is 2.39. The Balaban J connectivity index is 1.05. The fourth-order valence-electron chi connectivity index (χ4n) is 4.84. The number of benzene rings is 3. The van der Waals surface area contributed by atoms with Gasteiger partial charge in [-0.1, -0.05) is 84.9 Å². The monoisotopic (exact) mass is 458 g/mol. The standard InChI is InChI=1S/C29H31FN2O2/c30-28-17-22(15-16-32(28)29(33)34-20-21-7-3-1-4-8-21)19-31-27-18-26(27)25-13-11-24(12-14-25)23-9-5-2-6-10-23/h1-14,22,26-28,31H,15-20H2/t22?,26-,27+,28?/m0/s1. The van der Waals surface area contributed by atoms with E-state index in [1.807, 2.05) is 36.4 Å². The lowest BCUT2D eigenvalue weighted by molar-refractivity contribution is 0.00934. The Bertz CT molecular complexity index is 1070. The van der Waals surface area contributed by atoms with E-state index < -0.39 is 12.4 Å². The summed E-state index contributed by atoms with van der Waals surface area (Å²) in [6.07, 6.45) is 0.412. The predicted molar refractivity (Wildman–Crippen MR) is 132 cm³/mol. The predicted octanol–water partition coefficient (Wildman–Crippen LogP) is 6.14. The molecule has 4 atom stereocenters. The van der Waals surface area contributed by atoms with Crippen molar-refractivity contribution in [1.82, 2.24) is 10.2 Å². The highest BCUT2D eigenvalue weighted by molar-refractivity contribution is 5.68. The molecule has 3 aromatic carbocycles. The zero-order chi connectivity index (χ0) is 23.3. The fourth-order valence-corrected chi connectivity index (χ4v) is 4.84. The molecule has 1 saturated carbocycles. The van der Waals surface area contributed by atoms with E-state index in [4.69, 9.17) is 4.74 Å². The molecule has 1 saturated heterocycles. The van der Waals surface area contributed by atoms with Gasteiger partial charge < -0.3 is 10.1 Å². The van der Waals surface area contributed by atoms with Gasteiger partial charge in [0.25, 0.3) is 0 Å². The number of hydrogen-bond donors (Lipinski definition) is 1. The Kier molecular flexibility index (Phi) is 6.91. The molecule has 0 spiro atoms. The Labute approximate surface area is 200 Å². The van der Waals surface area contributed by atoms with Crippen LogP contribution in [0.4, 0.5) is 9.18 Å². The number of nitrogens with zero attached hydrogens (tertiary/aromatic N) is 1. The van der Waals surface area contributed by atoms with Gasteiger partial charge in [0.2, 0.25) is 0 Å². The van der Waals surface area contributed by atoms with Crippen LogP contribution in [0.1, 0.15) is 36.3 Å². The Hall–Kier alpha value is -3.18. The lowest BCUT2D eigenvalue weighted by Gasteiger charge is -2.34. The summed E-state index contributed by atoms with van der Waals surface area (Å²) in [6.45, 7) is 1.36. The number of carbonyl (C=O) groups is 1. The first-order valence-corrected chi connectivity index (χ1v) is 12.2. The van der Waals surface area contributed by atoms with E-state index in [-0.39, 0.29) is 12.5 Å². The number of amides is 1. The molecule has 176 valence electrons. The number of nitrogens with one attached hydrogen (secondary N) is 1. The van der Waals surface area contributed by atoms with E-state index in [0.717, 1.165) is 24.9 Å². The molecule has 0 aromatic heterocycles. The lowest BCUT2D eigenvalue weighted by Crippen LogP contribution is -2.46. The van der Waals surface area contributed by atoms with Gasteiger partial charge in [0.15, 0.2) is 6.30 Å². The maximum atomic E-state index is 14.7. The molecule has 0 bridgehead atoms. The van der Waals surface area contributed by atoms with Crippen LogP contribution in [-0.4, -0.2) is 36.4 Å². The second-order valence-corrected chi connectivity index (χ2v) is 9.40. The van der Waals surface area contributed by atoms with Gasteiger partial charge in [-0.25, -0.2) is 9.18 Å². The summed E-state index contributed by atoms with van der Waals surface area (Å²) in [7, 11) is 0. The molecular weight excluding hydrogens is 427 g/mol. The lowest BCUT2D eigenvalue weighted by atomic mass is 9.96. The van der Waals surface area contributed by atoms with Gasteiger partial charge in [-0.3, -0.25) is 4.90 Å². The van der Waals surface area contributed by atoms with Gasteiger partial charge in [-0.2, -0.15) is 0 Å². The van der Waals surface area contributed by atoms with Crippen molar-refractivity contribution in [3.63, 3.8) is 0 Å². The van der Waals surface area contributed by atoms with Gasteiger partial charge in [0.1, 0.15) is 6.61 Å². The number of carbonyl (C=O) groups excluding carboxylic acids is 1. The number of ether oxygens (including phenoxy) is 1. The molecule has 2 fully saturated rings. The second kappa shape index (κ2) is 10.4. The van der Waals surface area contributed by atoms with Crippen molar-refractivity contribution in [2.45, 2.75) is 44.1 Å². The molecule has 0 radical (unpaired) electrons. The molecule has 1 aliphatic carbocycles. The van der Waals surface area contributed by atoms with Crippen LogP contribution in [0.2, 0.25) is 0 Å². The number of hydrogen-bond acceptors (Lipinski definition) is 3. The largest absolute Gasteiger partial charge is 0.444 e. The first-order valence-electron chi connectivity index (χ1n) is 12.2. The van der Waals surface area contributed by atoms with Gasteiger partial charge in [-0.05, 0) is 47.6 Å². The molecular formula is C29H31FN2O2. The van der Waals surface area contributed by atoms with Crippen LogP contribution in [0.5, 0.6) is 0 Å². The van der Waals surface area contributed by atoms with Crippen molar-refractivity contribution < 1.29 is 13.9 Å². The zero-order valence-electron chi connectivity index (χ0n) is 19.3. The van der Waals surface area contributed by atoms with E-state index in [0.29, 0.717) is 24.9 Å². The molecule has 2 aliphatic rings. The number of likely N-dealkylation sites (tertiary alicyclic amines) is 1. The third-order valence-corrected chi connectivity index (χ3v) is 6.99. The smallest absolute Gasteiger partial charge is 0.412 e. The summed E-state index contributed by atoms with van der Waals surface area (Å²) in [5.74, 6) is 0.758. The van der Waals surface area contributed by atoms with Gasteiger partial charge in [0, 0.05) is 24.9 Å². The number of piperidine rings is 1. The second-order valence-electron chi connectivity index (χ2n) is 9.40. The Morgan fingerprint density at radius 3 is 2.29 bits per heavy atom. The average molecular weight is 459 g/mol. The van der Waals surface area contributed by atoms with E-state index in [1.54, 1.807) is 0 Å². The summed E-state index contributed by atoms with van der Waals surface area (Å²) in [5, 5.41) is 3.63. The van der Waals surface area contributed by atoms with Crippen molar-refractivity contribution in [2.24, 2.45) is 5.92 Å². The van der Waals surface area contributed by atoms with E-state index >= 15 is 0 Å². The van der Waals surface area contributed by atoms with Gasteiger partial charge >= 0.3 is 6.09 Å².